The number of hydroxylamine groups is 2. The molecule has 2 nitrogen and oxygen atoms in total. The van der Waals surface area contributed by atoms with Crippen LogP contribution in [-0.2, 0) is 0 Å². The fourth-order valence-electron chi connectivity index (χ4n) is 1.42. The Morgan fingerprint density at radius 3 is 2.23 bits per heavy atom. The molecule has 0 amide bonds. The number of benzene rings is 1. The summed E-state index contributed by atoms with van der Waals surface area (Å²) in [6, 6.07) is 7.80. The van der Waals surface area contributed by atoms with Crippen LogP contribution in [0.1, 0.15) is 18.9 Å². The van der Waals surface area contributed by atoms with Crippen molar-refractivity contribution in [1.82, 2.24) is 4.65 Å². The lowest BCUT2D eigenvalue weighted by Gasteiger charge is -2.37. The molecule has 0 aliphatic carbocycles. The fraction of sp³-hybridized carbons (Fsp3) is 0.455. The average Bonchev–Trinajstić information content (AvgIpc) is 2.05. The van der Waals surface area contributed by atoms with Gasteiger partial charge in [-0.1, -0.05) is 24.6 Å². The first kappa shape index (κ1) is 10.2. The minimum atomic E-state index is -0.267. The molecule has 0 saturated heterocycles. The van der Waals surface area contributed by atoms with Crippen LogP contribution in [0.4, 0.5) is 5.69 Å². The van der Waals surface area contributed by atoms with Gasteiger partial charge in [0, 0.05) is 0 Å². The Balaban J connectivity index is 2.87. The third-order valence-corrected chi connectivity index (χ3v) is 2.23. The molecule has 0 N–H and O–H groups in total. The monoisotopic (exact) mass is 179 g/mol. The third kappa shape index (κ3) is 2.54. The van der Waals surface area contributed by atoms with E-state index in [2.05, 4.69) is 0 Å². The molecule has 0 aliphatic heterocycles. The molecular weight excluding hydrogens is 162 g/mol. The molecule has 0 aliphatic rings. The molecule has 1 rings (SSSR count). The molecule has 0 bridgehead atoms. The summed E-state index contributed by atoms with van der Waals surface area (Å²) >= 11 is 0. The highest BCUT2D eigenvalue weighted by Gasteiger charge is 2.11. The topological polar surface area (TPSA) is 23.1 Å². The van der Waals surface area contributed by atoms with E-state index in [0.29, 0.717) is 6.54 Å². The Bertz CT molecular complexity index is 264. The first-order valence-electron chi connectivity index (χ1n) is 4.70. The zero-order chi connectivity index (χ0) is 9.90. The van der Waals surface area contributed by atoms with Gasteiger partial charge in [-0.05, 0) is 25.5 Å². The quantitative estimate of drug-likeness (QED) is 0.517. The van der Waals surface area contributed by atoms with E-state index in [0.717, 1.165) is 12.1 Å². The second-order valence-electron chi connectivity index (χ2n) is 3.66. The van der Waals surface area contributed by atoms with Gasteiger partial charge in [-0.2, -0.15) is 0 Å². The van der Waals surface area contributed by atoms with E-state index in [-0.39, 0.29) is 4.65 Å². The third-order valence-electron chi connectivity index (χ3n) is 2.23. The maximum absolute atomic E-state index is 12.0. The van der Waals surface area contributed by atoms with Crippen molar-refractivity contribution in [2.24, 2.45) is 0 Å². The summed E-state index contributed by atoms with van der Waals surface area (Å²) in [5.74, 6) is 0. The van der Waals surface area contributed by atoms with Gasteiger partial charge in [0.25, 0.3) is 0 Å². The van der Waals surface area contributed by atoms with Crippen LogP contribution < -0.4 is 4.65 Å². The Morgan fingerprint density at radius 2 is 1.77 bits per heavy atom. The minimum Gasteiger partial charge on any atom is -0.628 e. The van der Waals surface area contributed by atoms with Crippen molar-refractivity contribution in [2.45, 2.75) is 20.3 Å². The lowest BCUT2D eigenvalue weighted by atomic mass is 10.2. The SMILES string of the molecule is CCC[N+](C)([O-])c1ccc(C)cc1. The van der Waals surface area contributed by atoms with Gasteiger partial charge in [-0.15, -0.1) is 0 Å². The number of nitrogens with zero attached hydrogens (tertiary/aromatic N) is 1. The van der Waals surface area contributed by atoms with Crippen molar-refractivity contribution in [2.75, 3.05) is 13.6 Å². The number of hydrogen-bond donors (Lipinski definition) is 0. The van der Waals surface area contributed by atoms with Crippen molar-refractivity contribution >= 4 is 5.69 Å². The summed E-state index contributed by atoms with van der Waals surface area (Å²) in [5.41, 5.74) is 2.03. The van der Waals surface area contributed by atoms with Gasteiger partial charge < -0.3 is 9.85 Å². The molecule has 1 unspecified atom stereocenters. The van der Waals surface area contributed by atoms with Gasteiger partial charge in [0.2, 0.25) is 0 Å². The summed E-state index contributed by atoms with van der Waals surface area (Å²) < 4.78 is -0.267. The molecule has 72 valence electrons. The van der Waals surface area contributed by atoms with E-state index in [1.807, 2.05) is 38.1 Å². The molecular formula is C11H17NO. The second kappa shape index (κ2) is 3.90. The average molecular weight is 179 g/mol. The van der Waals surface area contributed by atoms with E-state index in [9.17, 15) is 5.21 Å². The molecule has 0 fully saturated rings. The van der Waals surface area contributed by atoms with E-state index < -0.39 is 0 Å². The summed E-state index contributed by atoms with van der Waals surface area (Å²) in [6.07, 6.45) is 0.911. The fourth-order valence-corrected chi connectivity index (χ4v) is 1.42. The summed E-state index contributed by atoms with van der Waals surface area (Å²) in [5, 5.41) is 12.0. The van der Waals surface area contributed by atoms with Crippen LogP contribution in [0.25, 0.3) is 0 Å². The number of hydrogen-bond acceptors (Lipinski definition) is 1. The first-order chi connectivity index (χ1) is 6.06. The van der Waals surface area contributed by atoms with Crippen LogP contribution in [-0.4, -0.2) is 13.6 Å². The zero-order valence-corrected chi connectivity index (χ0v) is 8.58. The van der Waals surface area contributed by atoms with E-state index in [1.54, 1.807) is 7.05 Å². The number of aryl methyl sites for hydroxylation is 1. The maximum Gasteiger partial charge on any atom is 0.132 e. The van der Waals surface area contributed by atoms with Crippen molar-refractivity contribution in [1.29, 1.82) is 0 Å². The Morgan fingerprint density at radius 1 is 1.23 bits per heavy atom. The molecule has 1 atom stereocenters. The smallest absolute Gasteiger partial charge is 0.132 e. The minimum absolute atomic E-state index is 0.267. The highest BCUT2D eigenvalue weighted by atomic mass is 16.5. The predicted molar refractivity (Wildman–Crippen MR) is 57.4 cm³/mol. The number of quaternary nitrogens is 1. The highest BCUT2D eigenvalue weighted by molar-refractivity contribution is 5.44. The zero-order valence-electron chi connectivity index (χ0n) is 8.58. The van der Waals surface area contributed by atoms with E-state index >= 15 is 0 Å². The van der Waals surface area contributed by atoms with Gasteiger partial charge in [0.05, 0.1) is 13.6 Å². The highest BCUT2D eigenvalue weighted by Crippen LogP contribution is 2.20. The van der Waals surface area contributed by atoms with E-state index in [1.165, 1.54) is 5.56 Å². The summed E-state index contributed by atoms with van der Waals surface area (Å²) in [4.78, 5) is 0. The van der Waals surface area contributed by atoms with Crippen molar-refractivity contribution in [3.8, 4) is 0 Å². The first-order valence-corrected chi connectivity index (χ1v) is 4.70. The molecule has 13 heavy (non-hydrogen) atoms. The molecule has 0 spiro atoms. The van der Waals surface area contributed by atoms with Gasteiger partial charge in [-0.3, -0.25) is 0 Å². The number of rotatable bonds is 3. The summed E-state index contributed by atoms with van der Waals surface area (Å²) in [6.45, 7) is 4.70. The van der Waals surface area contributed by atoms with Crippen LogP contribution >= 0.6 is 0 Å². The van der Waals surface area contributed by atoms with Crippen LogP contribution in [0.3, 0.4) is 0 Å². The molecule has 0 radical (unpaired) electrons. The van der Waals surface area contributed by atoms with Gasteiger partial charge in [0.1, 0.15) is 5.69 Å². The Kier molecular flexibility index (Phi) is 3.07. The molecule has 1 aromatic rings. The van der Waals surface area contributed by atoms with Crippen LogP contribution in [0, 0.1) is 12.1 Å². The standard InChI is InChI=1S/C11H17NO/c1-4-9-12(3,13)11-7-5-10(2)6-8-11/h5-8H,4,9H2,1-3H3. The largest absolute Gasteiger partial charge is 0.628 e. The van der Waals surface area contributed by atoms with Crippen molar-refractivity contribution < 1.29 is 0 Å². The lowest BCUT2D eigenvalue weighted by Crippen LogP contribution is -2.38. The maximum atomic E-state index is 12.0. The van der Waals surface area contributed by atoms with Crippen LogP contribution in [0.2, 0.25) is 0 Å². The van der Waals surface area contributed by atoms with Gasteiger partial charge >= 0.3 is 0 Å². The van der Waals surface area contributed by atoms with Gasteiger partial charge in [-0.25, -0.2) is 0 Å². The normalized spacial score (nSPS) is 15.4. The molecule has 0 saturated carbocycles. The van der Waals surface area contributed by atoms with Crippen molar-refractivity contribution in [3.05, 3.63) is 35.0 Å². The lowest BCUT2D eigenvalue weighted by molar-refractivity contribution is 0.443. The Labute approximate surface area is 80.0 Å². The predicted octanol–water partition coefficient (Wildman–Crippen LogP) is 2.84. The van der Waals surface area contributed by atoms with Crippen molar-refractivity contribution in [3.63, 3.8) is 0 Å². The van der Waals surface area contributed by atoms with Crippen LogP contribution in [0.15, 0.2) is 24.3 Å². The molecule has 0 heterocycles. The second-order valence-corrected chi connectivity index (χ2v) is 3.66. The van der Waals surface area contributed by atoms with Gasteiger partial charge in [0.15, 0.2) is 0 Å². The molecule has 2 heteroatoms. The van der Waals surface area contributed by atoms with E-state index in [4.69, 9.17) is 0 Å². The van der Waals surface area contributed by atoms with Crippen LogP contribution in [0.5, 0.6) is 0 Å². The Hall–Kier alpha value is -0.860. The molecule has 0 aromatic heterocycles. The molecule has 1 aromatic carbocycles. The summed E-state index contributed by atoms with van der Waals surface area (Å²) in [7, 11) is 1.70.